The Balaban J connectivity index is 3.02. The van der Waals surface area contributed by atoms with Crippen molar-refractivity contribution in [2.75, 3.05) is 0 Å². The van der Waals surface area contributed by atoms with Crippen LogP contribution in [0.1, 0.15) is 19.4 Å². The molecule has 3 heteroatoms. The molecule has 1 rings (SSSR count). The van der Waals surface area contributed by atoms with Crippen molar-refractivity contribution in [3.8, 4) is 11.8 Å². The van der Waals surface area contributed by atoms with E-state index < -0.39 is 11.4 Å². The minimum atomic E-state index is -1.12. The molecule has 0 heterocycles. The molecule has 0 bridgehead atoms. The topological polar surface area (TPSA) is 20.2 Å². The molecule has 14 heavy (non-hydrogen) atoms. The zero-order chi connectivity index (χ0) is 10.8. The highest BCUT2D eigenvalue weighted by molar-refractivity contribution is 6.30. The van der Waals surface area contributed by atoms with Crippen LogP contribution in [0.25, 0.3) is 0 Å². The third-order valence-electron chi connectivity index (χ3n) is 1.43. The smallest absolute Gasteiger partial charge is 0.140 e. The van der Waals surface area contributed by atoms with Gasteiger partial charge in [0, 0.05) is 5.02 Å². The van der Waals surface area contributed by atoms with Crippen molar-refractivity contribution in [1.29, 1.82) is 0 Å². The van der Waals surface area contributed by atoms with Crippen LogP contribution in [0.15, 0.2) is 18.2 Å². The molecule has 0 aliphatic carbocycles. The molecule has 0 aromatic heterocycles. The van der Waals surface area contributed by atoms with Gasteiger partial charge in [0.15, 0.2) is 0 Å². The summed E-state index contributed by atoms with van der Waals surface area (Å²) in [6.07, 6.45) is 0. The van der Waals surface area contributed by atoms with Crippen molar-refractivity contribution in [3.05, 3.63) is 34.6 Å². The molecule has 0 atom stereocenters. The number of hydrogen-bond donors (Lipinski definition) is 1. The van der Waals surface area contributed by atoms with E-state index in [9.17, 15) is 9.50 Å². The highest BCUT2D eigenvalue weighted by atomic mass is 35.5. The fourth-order valence-electron chi connectivity index (χ4n) is 0.811. The van der Waals surface area contributed by atoms with E-state index in [0.29, 0.717) is 5.02 Å². The standard InChI is InChI=1S/C11H10ClFO/c1-11(2,14)6-5-8-3-4-9(12)7-10(8)13/h3-4,7,14H,1-2H3. The van der Waals surface area contributed by atoms with E-state index in [1.54, 1.807) is 6.07 Å². The Morgan fingerprint density at radius 1 is 1.43 bits per heavy atom. The normalized spacial score (nSPS) is 10.6. The van der Waals surface area contributed by atoms with Crippen LogP contribution in [0.4, 0.5) is 4.39 Å². The maximum absolute atomic E-state index is 13.2. The number of rotatable bonds is 0. The molecule has 0 aliphatic rings. The molecule has 0 amide bonds. The summed E-state index contributed by atoms with van der Waals surface area (Å²) in [5, 5.41) is 9.63. The molecule has 1 aromatic carbocycles. The molecule has 1 N–H and O–H groups in total. The molecule has 1 nitrogen and oxygen atoms in total. The number of hydrogen-bond acceptors (Lipinski definition) is 1. The summed E-state index contributed by atoms with van der Waals surface area (Å²) < 4.78 is 13.2. The Kier molecular flexibility index (Phi) is 3.15. The van der Waals surface area contributed by atoms with Gasteiger partial charge in [0.25, 0.3) is 0 Å². The quantitative estimate of drug-likeness (QED) is 0.656. The minimum absolute atomic E-state index is 0.233. The van der Waals surface area contributed by atoms with Gasteiger partial charge in [-0.3, -0.25) is 0 Å². The Labute approximate surface area is 87.5 Å². The van der Waals surface area contributed by atoms with E-state index in [2.05, 4.69) is 11.8 Å². The van der Waals surface area contributed by atoms with Gasteiger partial charge in [-0.05, 0) is 32.0 Å². The Morgan fingerprint density at radius 3 is 2.57 bits per heavy atom. The van der Waals surface area contributed by atoms with Gasteiger partial charge in [0.05, 0.1) is 5.56 Å². The van der Waals surface area contributed by atoms with E-state index in [4.69, 9.17) is 11.6 Å². The number of halogens is 2. The Morgan fingerprint density at radius 2 is 2.07 bits per heavy atom. The molecule has 0 spiro atoms. The van der Waals surface area contributed by atoms with Gasteiger partial charge in [0.1, 0.15) is 11.4 Å². The van der Waals surface area contributed by atoms with Crippen LogP contribution in [-0.4, -0.2) is 10.7 Å². The van der Waals surface area contributed by atoms with Gasteiger partial charge in [-0.1, -0.05) is 23.4 Å². The van der Waals surface area contributed by atoms with Crippen molar-refractivity contribution < 1.29 is 9.50 Å². The van der Waals surface area contributed by atoms with E-state index in [1.807, 2.05) is 0 Å². The Hall–Kier alpha value is -1.04. The molecular formula is C11H10ClFO. The third kappa shape index (κ3) is 3.37. The summed E-state index contributed by atoms with van der Waals surface area (Å²) in [5.41, 5.74) is -0.886. The number of benzene rings is 1. The second-order valence-electron chi connectivity index (χ2n) is 3.43. The molecule has 1 aromatic rings. The van der Waals surface area contributed by atoms with Gasteiger partial charge in [-0.15, -0.1) is 0 Å². The zero-order valence-electron chi connectivity index (χ0n) is 7.94. The van der Waals surface area contributed by atoms with Crippen LogP contribution in [0, 0.1) is 17.7 Å². The van der Waals surface area contributed by atoms with Gasteiger partial charge in [0.2, 0.25) is 0 Å². The van der Waals surface area contributed by atoms with Crippen molar-refractivity contribution >= 4 is 11.6 Å². The lowest BCUT2D eigenvalue weighted by atomic mass is 10.1. The molecule has 0 unspecified atom stereocenters. The summed E-state index contributed by atoms with van der Waals surface area (Å²) >= 11 is 5.57. The van der Waals surface area contributed by atoms with Crippen LogP contribution >= 0.6 is 11.6 Å². The lowest BCUT2D eigenvalue weighted by molar-refractivity contribution is 0.143. The summed E-state index contributed by atoms with van der Waals surface area (Å²) in [5.74, 6) is 4.59. The average molecular weight is 213 g/mol. The van der Waals surface area contributed by atoms with Crippen molar-refractivity contribution in [2.24, 2.45) is 0 Å². The van der Waals surface area contributed by atoms with Crippen LogP contribution in [0.3, 0.4) is 0 Å². The molecule has 74 valence electrons. The highest BCUT2D eigenvalue weighted by Gasteiger charge is 2.06. The van der Waals surface area contributed by atoms with Crippen molar-refractivity contribution in [2.45, 2.75) is 19.4 Å². The number of aliphatic hydroxyl groups is 1. The summed E-state index contributed by atoms with van der Waals surface area (Å²) in [6, 6.07) is 4.23. The molecule has 0 saturated carbocycles. The lowest BCUT2D eigenvalue weighted by Gasteiger charge is -2.06. The second-order valence-corrected chi connectivity index (χ2v) is 3.87. The maximum Gasteiger partial charge on any atom is 0.140 e. The van der Waals surface area contributed by atoms with Crippen LogP contribution in [-0.2, 0) is 0 Å². The predicted molar refractivity (Wildman–Crippen MR) is 54.6 cm³/mol. The van der Waals surface area contributed by atoms with E-state index in [-0.39, 0.29) is 5.56 Å². The largest absolute Gasteiger partial charge is 0.378 e. The van der Waals surface area contributed by atoms with Gasteiger partial charge < -0.3 is 5.11 Å². The molecular weight excluding hydrogens is 203 g/mol. The monoisotopic (exact) mass is 212 g/mol. The van der Waals surface area contributed by atoms with Crippen LogP contribution in [0.2, 0.25) is 5.02 Å². The van der Waals surface area contributed by atoms with Gasteiger partial charge in [-0.2, -0.15) is 0 Å². The van der Waals surface area contributed by atoms with Crippen LogP contribution < -0.4 is 0 Å². The summed E-state index contributed by atoms with van der Waals surface area (Å²) in [7, 11) is 0. The zero-order valence-corrected chi connectivity index (χ0v) is 8.69. The minimum Gasteiger partial charge on any atom is -0.378 e. The highest BCUT2D eigenvalue weighted by Crippen LogP contribution is 2.13. The third-order valence-corrected chi connectivity index (χ3v) is 1.67. The van der Waals surface area contributed by atoms with Gasteiger partial charge >= 0.3 is 0 Å². The molecule has 0 aliphatic heterocycles. The fraction of sp³-hybridized carbons (Fsp3) is 0.273. The van der Waals surface area contributed by atoms with Gasteiger partial charge in [-0.25, -0.2) is 4.39 Å². The SMILES string of the molecule is CC(C)(O)C#Cc1ccc(Cl)cc1F. The first kappa shape index (κ1) is 11.0. The summed E-state index contributed by atoms with van der Waals surface area (Å²) in [4.78, 5) is 0. The first-order valence-corrected chi connectivity index (χ1v) is 4.47. The average Bonchev–Trinajstić information content (AvgIpc) is 2.00. The molecule has 0 fully saturated rings. The van der Waals surface area contributed by atoms with Crippen molar-refractivity contribution in [1.82, 2.24) is 0 Å². The predicted octanol–water partition coefficient (Wildman–Crippen LogP) is 2.60. The summed E-state index contributed by atoms with van der Waals surface area (Å²) in [6.45, 7) is 3.07. The first-order valence-electron chi connectivity index (χ1n) is 4.09. The van der Waals surface area contributed by atoms with Crippen LogP contribution in [0.5, 0.6) is 0 Å². The molecule has 0 saturated heterocycles. The second kappa shape index (κ2) is 4.00. The van der Waals surface area contributed by atoms with E-state index in [0.717, 1.165) is 0 Å². The lowest BCUT2D eigenvalue weighted by Crippen LogP contribution is -2.14. The van der Waals surface area contributed by atoms with E-state index >= 15 is 0 Å². The maximum atomic E-state index is 13.2. The van der Waals surface area contributed by atoms with E-state index in [1.165, 1.54) is 26.0 Å². The fourth-order valence-corrected chi connectivity index (χ4v) is 0.970. The first-order chi connectivity index (χ1) is 6.38. The van der Waals surface area contributed by atoms with Crippen molar-refractivity contribution in [3.63, 3.8) is 0 Å². The Bertz CT molecular complexity index is 396. The molecule has 0 radical (unpaired) electrons.